The van der Waals surface area contributed by atoms with Crippen LogP contribution in [0.4, 0.5) is 11.4 Å². The SMILES string of the molecule is Cc1cccc(NC(=O)COC(=O)c2ccc(N3C(=O)[C@@H]4[C@@H](C)C=CC[C@H]4C3=O)cc2)c1. The standard InChI is InChI=1S/C25H24N2O5/c1-15-5-3-7-18(13-15)26-21(28)14-32-25(31)17-9-11-19(12-10-17)27-23(29)20-8-4-6-16(2)22(20)24(27)30/h3-7,9-13,16,20,22H,8,14H2,1-2H3,(H,26,28)/t16-,20+,22+/m0/s1. The number of allylic oxidation sites excluding steroid dienone is 2. The summed E-state index contributed by atoms with van der Waals surface area (Å²) in [5.74, 6) is -2.20. The minimum atomic E-state index is -0.665. The van der Waals surface area contributed by atoms with E-state index in [9.17, 15) is 19.2 Å². The third-order valence-electron chi connectivity index (χ3n) is 5.87. The van der Waals surface area contributed by atoms with Crippen LogP contribution in [-0.4, -0.2) is 30.3 Å². The topological polar surface area (TPSA) is 92.8 Å². The fraction of sp³-hybridized carbons (Fsp3) is 0.280. The second-order valence-electron chi connectivity index (χ2n) is 8.21. The van der Waals surface area contributed by atoms with Gasteiger partial charge in [-0.25, -0.2) is 4.79 Å². The highest BCUT2D eigenvalue weighted by Gasteiger charge is 2.50. The molecule has 0 bridgehead atoms. The van der Waals surface area contributed by atoms with Crippen molar-refractivity contribution in [3.05, 3.63) is 71.8 Å². The Labute approximate surface area is 186 Å². The summed E-state index contributed by atoms with van der Waals surface area (Å²) in [6.45, 7) is 3.43. The summed E-state index contributed by atoms with van der Waals surface area (Å²) in [5.41, 5.74) is 2.28. The highest BCUT2D eigenvalue weighted by Crippen LogP contribution is 2.40. The number of carbonyl (C=O) groups is 4. The van der Waals surface area contributed by atoms with E-state index in [0.717, 1.165) is 5.56 Å². The Morgan fingerprint density at radius 3 is 2.53 bits per heavy atom. The molecule has 7 heteroatoms. The van der Waals surface area contributed by atoms with E-state index in [1.165, 1.54) is 17.0 Å². The van der Waals surface area contributed by atoms with Crippen molar-refractivity contribution in [1.29, 1.82) is 0 Å². The summed E-state index contributed by atoms with van der Waals surface area (Å²) in [7, 11) is 0. The lowest BCUT2D eigenvalue weighted by Gasteiger charge is -2.22. The number of fused-ring (bicyclic) bond motifs is 1. The number of esters is 1. The number of aryl methyl sites for hydroxylation is 1. The lowest BCUT2D eigenvalue weighted by Crippen LogP contribution is -2.31. The van der Waals surface area contributed by atoms with Gasteiger partial charge in [-0.15, -0.1) is 0 Å². The average Bonchev–Trinajstić information content (AvgIpc) is 3.03. The van der Waals surface area contributed by atoms with Gasteiger partial charge in [0.25, 0.3) is 5.91 Å². The van der Waals surface area contributed by atoms with Crippen molar-refractivity contribution in [2.24, 2.45) is 17.8 Å². The molecule has 4 rings (SSSR count). The van der Waals surface area contributed by atoms with Crippen LogP contribution in [0.1, 0.15) is 29.3 Å². The molecule has 1 fully saturated rings. The monoisotopic (exact) mass is 432 g/mol. The molecule has 0 spiro atoms. The minimum absolute atomic E-state index is 0.00963. The summed E-state index contributed by atoms with van der Waals surface area (Å²) in [6, 6.07) is 13.4. The van der Waals surface area contributed by atoms with Crippen LogP contribution < -0.4 is 10.2 Å². The van der Waals surface area contributed by atoms with Gasteiger partial charge in [0, 0.05) is 5.69 Å². The van der Waals surface area contributed by atoms with Gasteiger partial charge in [-0.3, -0.25) is 19.3 Å². The summed E-state index contributed by atoms with van der Waals surface area (Å²) < 4.78 is 5.08. The normalized spacial score (nSPS) is 21.9. The number of hydrogen-bond acceptors (Lipinski definition) is 5. The molecule has 0 unspecified atom stereocenters. The third-order valence-corrected chi connectivity index (χ3v) is 5.87. The quantitative estimate of drug-likeness (QED) is 0.444. The fourth-order valence-corrected chi connectivity index (χ4v) is 4.28. The van der Waals surface area contributed by atoms with E-state index >= 15 is 0 Å². The van der Waals surface area contributed by atoms with E-state index in [4.69, 9.17) is 4.74 Å². The van der Waals surface area contributed by atoms with Gasteiger partial charge in [-0.05, 0) is 61.2 Å². The molecule has 164 valence electrons. The van der Waals surface area contributed by atoms with Crippen LogP contribution in [-0.2, 0) is 19.1 Å². The van der Waals surface area contributed by atoms with E-state index in [1.54, 1.807) is 18.2 Å². The van der Waals surface area contributed by atoms with Gasteiger partial charge in [-0.2, -0.15) is 0 Å². The number of nitrogens with zero attached hydrogens (tertiary/aromatic N) is 1. The molecule has 7 nitrogen and oxygen atoms in total. The van der Waals surface area contributed by atoms with Crippen molar-refractivity contribution in [3.8, 4) is 0 Å². The fourth-order valence-electron chi connectivity index (χ4n) is 4.28. The van der Waals surface area contributed by atoms with E-state index in [-0.39, 0.29) is 35.1 Å². The number of ether oxygens (including phenoxy) is 1. The van der Waals surface area contributed by atoms with Crippen LogP contribution >= 0.6 is 0 Å². The lowest BCUT2D eigenvalue weighted by atomic mass is 9.78. The summed E-state index contributed by atoms with van der Waals surface area (Å²) in [6.07, 6.45) is 4.49. The zero-order valence-corrected chi connectivity index (χ0v) is 17.9. The number of nitrogens with one attached hydrogen (secondary N) is 1. The molecule has 3 amide bonds. The molecule has 2 aromatic rings. The molecule has 0 saturated carbocycles. The number of rotatable bonds is 5. The van der Waals surface area contributed by atoms with E-state index in [1.807, 2.05) is 44.2 Å². The van der Waals surface area contributed by atoms with Crippen molar-refractivity contribution in [1.82, 2.24) is 0 Å². The third kappa shape index (κ3) is 4.19. The molecule has 3 atom stereocenters. The van der Waals surface area contributed by atoms with Gasteiger partial charge in [0.2, 0.25) is 11.8 Å². The van der Waals surface area contributed by atoms with Crippen LogP contribution in [0.15, 0.2) is 60.7 Å². The molecule has 1 aliphatic heterocycles. The summed E-state index contributed by atoms with van der Waals surface area (Å²) in [5, 5.41) is 2.67. The highest BCUT2D eigenvalue weighted by atomic mass is 16.5. The van der Waals surface area contributed by atoms with Gasteiger partial charge in [-0.1, -0.05) is 31.2 Å². The Kier molecular flexibility index (Phi) is 5.90. The Balaban J connectivity index is 1.37. The van der Waals surface area contributed by atoms with Gasteiger partial charge in [0.15, 0.2) is 6.61 Å². The zero-order valence-electron chi connectivity index (χ0n) is 17.9. The maximum atomic E-state index is 12.9. The Hall–Kier alpha value is -3.74. The van der Waals surface area contributed by atoms with Crippen LogP contribution in [0.3, 0.4) is 0 Å². The smallest absolute Gasteiger partial charge is 0.338 e. The first-order valence-electron chi connectivity index (χ1n) is 10.5. The van der Waals surface area contributed by atoms with Crippen molar-refractivity contribution < 1.29 is 23.9 Å². The van der Waals surface area contributed by atoms with Gasteiger partial charge in [0.05, 0.1) is 23.1 Å². The predicted molar refractivity (Wildman–Crippen MR) is 119 cm³/mol. The molecule has 2 aliphatic rings. The van der Waals surface area contributed by atoms with Crippen LogP contribution in [0.2, 0.25) is 0 Å². The second kappa shape index (κ2) is 8.78. The average molecular weight is 432 g/mol. The molecule has 2 aromatic carbocycles. The highest BCUT2D eigenvalue weighted by molar-refractivity contribution is 6.22. The van der Waals surface area contributed by atoms with E-state index < -0.39 is 18.5 Å². The number of anilines is 2. The minimum Gasteiger partial charge on any atom is -0.452 e. The molecular formula is C25H24N2O5. The van der Waals surface area contributed by atoms with Crippen molar-refractivity contribution >= 4 is 35.1 Å². The van der Waals surface area contributed by atoms with Crippen molar-refractivity contribution in [3.63, 3.8) is 0 Å². The first-order chi connectivity index (χ1) is 15.3. The molecule has 0 aromatic heterocycles. The van der Waals surface area contributed by atoms with E-state index in [2.05, 4.69) is 5.32 Å². The first kappa shape index (κ1) is 21.5. The van der Waals surface area contributed by atoms with Crippen LogP contribution in [0.25, 0.3) is 0 Å². The van der Waals surface area contributed by atoms with Crippen molar-refractivity contribution in [2.75, 3.05) is 16.8 Å². The maximum Gasteiger partial charge on any atom is 0.338 e. The van der Waals surface area contributed by atoms with Crippen molar-refractivity contribution in [2.45, 2.75) is 20.3 Å². The number of hydrogen-bond donors (Lipinski definition) is 1. The largest absolute Gasteiger partial charge is 0.452 e. The van der Waals surface area contributed by atoms with Gasteiger partial charge >= 0.3 is 5.97 Å². The van der Waals surface area contributed by atoms with Crippen LogP contribution in [0, 0.1) is 24.7 Å². The number of benzene rings is 2. The van der Waals surface area contributed by atoms with Gasteiger partial charge in [0.1, 0.15) is 0 Å². The number of amides is 3. The Morgan fingerprint density at radius 2 is 1.84 bits per heavy atom. The molecule has 1 N–H and O–H groups in total. The van der Waals surface area contributed by atoms with Crippen LogP contribution in [0.5, 0.6) is 0 Å². The first-order valence-corrected chi connectivity index (χ1v) is 10.5. The molecule has 0 radical (unpaired) electrons. The molecular weight excluding hydrogens is 408 g/mol. The van der Waals surface area contributed by atoms with Gasteiger partial charge < -0.3 is 10.1 Å². The molecule has 1 heterocycles. The lowest BCUT2D eigenvalue weighted by molar-refractivity contribution is -0.123. The Morgan fingerprint density at radius 1 is 1.09 bits per heavy atom. The summed E-state index contributed by atoms with van der Waals surface area (Å²) >= 11 is 0. The molecule has 32 heavy (non-hydrogen) atoms. The number of carbonyl (C=O) groups excluding carboxylic acids is 4. The Bertz CT molecular complexity index is 1110. The molecule has 1 saturated heterocycles. The zero-order chi connectivity index (χ0) is 22.8. The maximum absolute atomic E-state index is 12.9. The number of imide groups is 1. The summed E-state index contributed by atoms with van der Waals surface area (Å²) in [4.78, 5) is 51.2. The second-order valence-corrected chi connectivity index (χ2v) is 8.21. The molecule has 1 aliphatic carbocycles. The van der Waals surface area contributed by atoms with E-state index in [0.29, 0.717) is 17.8 Å². The predicted octanol–water partition coefficient (Wildman–Crippen LogP) is 3.49.